The summed E-state index contributed by atoms with van der Waals surface area (Å²) in [7, 11) is 0. The van der Waals surface area contributed by atoms with Gasteiger partial charge in [0.15, 0.2) is 0 Å². The molecule has 0 fully saturated rings. The van der Waals surface area contributed by atoms with Crippen LogP contribution in [0.3, 0.4) is 0 Å². The van der Waals surface area contributed by atoms with Crippen LogP contribution in [0.4, 0.5) is 0 Å². The van der Waals surface area contributed by atoms with Crippen LogP contribution in [-0.2, 0) is 6.54 Å². The van der Waals surface area contributed by atoms with E-state index >= 15 is 0 Å². The van der Waals surface area contributed by atoms with Crippen LogP contribution >= 0.6 is 15.9 Å². The summed E-state index contributed by atoms with van der Waals surface area (Å²) in [6, 6.07) is 15.6. The van der Waals surface area contributed by atoms with Gasteiger partial charge in [-0.15, -0.1) is 0 Å². The first-order valence-corrected chi connectivity index (χ1v) is 6.81. The van der Waals surface area contributed by atoms with E-state index in [1.54, 1.807) is 4.90 Å². The molecule has 1 heterocycles. The maximum atomic E-state index is 12.3. The Morgan fingerprint density at radius 3 is 2.47 bits per heavy atom. The van der Waals surface area contributed by atoms with E-state index in [2.05, 4.69) is 22.5 Å². The Morgan fingerprint density at radius 1 is 1.05 bits per heavy atom. The molecule has 0 bridgehead atoms. The molecule has 0 N–H and O–H groups in total. The third-order valence-electron chi connectivity index (χ3n) is 3.27. The van der Waals surface area contributed by atoms with Crippen molar-refractivity contribution in [2.75, 3.05) is 0 Å². The maximum absolute atomic E-state index is 12.3. The van der Waals surface area contributed by atoms with Crippen molar-refractivity contribution in [3.63, 3.8) is 0 Å². The molecule has 94 valence electrons. The van der Waals surface area contributed by atoms with Crippen molar-refractivity contribution in [3.8, 4) is 0 Å². The Morgan fingerprint density at radius 2 is 1.79 bits per heavy atom. The van der Waals surface area contributed by atoms with E-state index in [1.807, 2.05) is 48.5 Å². The molecule has 0 aliphatic carbocycles. The lowest BCUT2D eigenvalue weighted by molar-refractivity contribution is 0.0843. The third kappa shape index (κ3) is 2.10. The van der Waals surface area contributed by atoms with Crippen LogP contribution in [0, 0.1) is 0 Å². The molecule has 2 aromatic rings. The van der Waals surface area contributed by atoms with E-state index in [4.69, 9.17) is 0 Å². The lowest BCUT2D eigenvalue weighted by Gasteiger charge is -2.17. The standard InChI is InChI=1S/C16H12BrNO/c1-11-14-7-2-3-8-15(14)16(19)18(11)10-12-5-4-6-13(17)9-12/h2-9H,1,10H2. The SMILES string of the molecule is C=C1c2ccccc2C(=O)N1Cc1cccc(Br)c1. The molecule has 0 saturated heterocycles. The van der Waals surface area contributed by atoms with Gasteiger partial charge in [-0.2, -0.15) is 0 Å². The topological polar surface area (TPSA) is 20.3 Å². The summed E-state index contributed by atoms with van der Waals surface area (Å²) in [4.78, 5) is 14.1. The number of carbonyl (C=O) groups excluding carboxylic acids is 1. The predicted molar refractivity (Wildman–Crippen MR) is 79.5 cm³/mol. The second-order valence-electron chi connectivity index (χ2n) is 4.51. The van der Waals surface area contributed by atoms with Crippen molar-refractivity contribution in [1.29, 1.82) is 0 Å². The highest BCUT2D eigenvalue weighted by Crippen LogP contribution is 2.32. The first-order chi connectivity index (χ1) is 9.16. The minimum Gasteiger partial charge on any atom is -0.304 e. The molecule has 0 saturated carbocycles. The monoisotopic (exact) mass is 313 g/mol. The van der Waals surface area contributed by atoms with Gasteiger partial charge in [-0.3, -0.25) is 4.79 Å². The van der Waals surface area contributed by atoms with Crippen LogP contribution in [0.2, 0.25) is 0 Å². The number of hydrogen-bond donors (Lipinski definition) is 0. The highest BCUT2D eigenvalue weighted by Gasteiger charge is 2.30. The Labute approximate surface area is 120 Å². The minimum absolute atomic E-state index is 0.0283. The molecule has 0 aromatic heterocycles. The minimum atomic E-state index is 0.0283. The first kappa shape index (κ1) is 12.2. The van der Waals surface area contributed by atoms with Crippen molar-refractivity contribution in [2.45, 2.75) is 6.54 Å². The van der Waals surface area contributed by atoms with Gasteiger partial charge in [0, 0.05) is 21.3 Å². The van der Waals surface area contributed by atoms with Gasteiger partial charge in [-0.1, -0.05) is 52.8 Å². The summed E-state index contributed by atoms with van der Waals surface area (Å²) in [6.07, 6.45) is 0. The second-order valence-corrected chi connectivity index (χ2v) is 5.43. The van der Waals surface area contributed by atoms with E-state index < -0.39 is 0 Å². The van der Waals surface area contributed by atoms with Gasteiger partial charge in [0.2, 0.25) is 0 Å². The van der Waals surface area contributed by atoms with E-state index in [1.165, 1.54) is 0 Å². The summed E-state index contributed by atoms with van der Waals surface area (Å²) in [5.74, 6) is 0.0283. The molecule has 3 rings (SSSR count). The summed E-state index contributed by atoms with van der Waals surface area (Å²) in [5, 5.41) is 0. The average Bonchev–Trinajstić information content (AvgIpc) is 2.65. The Bertz CT molecular complexity index is 643. The van der Waals surface area contributed by atoms with Crippen LogP contribution in [-0.4, -0.2) is 10.8 Å². The zero-order valence-corrected chi connectivity index (χ0v) is 11.9. The second kappa shape index (κ2) is 4.67. The van der Waals surface area contributed by atoms with Gasteiger partial charge in [-0.25, -0.2) is 0 Å². The van der Waals surface area contributed by atoms with Crippen LogP contribution in [0.25, 0.3) is 5.70 Å². The maximum Gasteiger partial charge on any atom is 0.259 e. The highest BCUT2D eigenvalue weighted by molar-refractivity contribution is 9.10. The van der Waals surface area contributed by atoms with Crippen molar-refractivity contribution >= 4 is 27.5 Å². The molecule has 1 aliphatic rings. The molecular formula is C16H12BrNO. The summed E-state index contributed by atoms with van der Waals surface area (Å²) >= 11 is 3.44. The molecule has 0 spiro atoms. The lowest BCUT2D eigenvalue weighted by Crippen LogP contribution is -2.22. The number of fused-ring (bicyclic) bond motifs is 1. The molecular weight excluding hydrogens is 302 g/mol. The van der Waals surface area contributed by atoms with E-state index in [0.29, 0.717) is 6.54 Å². The van der Waals surface area contributed by atoms with Crippen LogP contribution < -0.4 is 0 Å². The molecule has 1 amide bonds. The predicted octanol–water partition coefficient (Wildman–Crippen LogP) is 4.08. The fourth-order valence-electron chi connectivity index (χ4n) is 2.32. The molecule has 2 aromatic carbocycles. The molecule has 19 heavy (non-hydrogen) atoms. The molecule has 0 radical (unpaired) electrons. The Hall–Kier alpha value is -1.87. The summed E-state index contributed by atoms with van der Waals surface area (Å²) < 4.78 is 1.01. The fraction of sp³-hybridized carbons (Fsp3) is 0.0625. The van der Waals surface area contributed by atoms with Gasteiger partial charge in [0.1, 0.15) is 0 Å². The van der Waals surface area contributed by atoms with Crippen molar-refractivity contribution in [2.24, 2.45) is 0 Å². The van der Waals surface area contributed by atoms with Crippen LogP contribution in [0.5, 0.6) is 0 Å². The first-order valence-electron chi connectivity index (χ1n) is 6.01. The van der Waals surface area contributed by atoms with E-state index in [0.717, 1.165) is 26.9 Å². The average molecular weight is 314 g/mol. The number of rotatable bonds is 2. The zero-order chi connectivity index (χ0) is 13.4. The number of halogens is 1. The van der Waals surface area contributed by atoms with Crippen molar-refractivity contribution in [3.05, 3.63) is 76.3 Å². The van der Waals surface area contributed by atoms with Crippen molar-refractivity contribution in [1.82, 2.24) is 4.90 Å². The highest BCUT2D eigenvalue weighted by atomic mass is 79.9. The van der Waals surface area contributed by atoms with Gasteiger partial charge in [0.05, 0.1) is 6.54 Å². The molecule has 0 atom stereocenters. The number of benzene rings is 2. The largest absolute Gasteiger partial charge is 0.304 e. The van der Waals surface area contributed by atoms with Gasteiger partial charge >= 0.3 is 0 Å². The van der Waals surface area contributed by atoms with Crippen LogP contribution in [0.15, 0.2) is 59.6 Å². The Balaban J connectivity index is 1.92. The fourth-order valence-corrected chi connectivity index (χ4v) is 2.77. The lowest BCUT2D eigenvalue weighted by atomic mass is 10.1. The molecule has 2 nitrogen and oxygen atoms in total. The number of amides is 1. The van der Waals surface area contributed by atoms with Crippen LogP contribution in [0.1, 0.15) is 21.5 Å². The van der Waals surface area contributed by atoms with Gasteiger partial charge in [0.25, 0.3) is 5.91 Å². The van der Waals surface area contributed by atoms with Gasteiger partial charge < -0.3 is 4.90 Å². The summed E-state index contributed by atoms with van der Waals surface area (Å²) in [5.41, 5.74) is 3.53. The smallest absolute Gasteiger partial charge is 0.259 e. The molecule has 0 unspecified atom stereocenters. The number of carbonyl (C=O) groups is 1. The van der Waals surface area contributed by atoms with Crippen molar-refractivity contribution < 1.29 is 4.79 Å². The number of nitrogens with zero attached hydrogens (tertiary/aromatic N) is 1. The third-order valence-corrected chi connectivity index (χ3v) is 3.76. The summed E-state index contributed by atoms with van der Waals surface area (Å²) in [6.45, 7) is 4.59. The zero-order valence-electron chi connectivity index (χ0n) is 10.3. The number of hydrogen-bond acceptors (Lipinski definition) is 1. The molecule has 3 heteroatoms. The van der Waals surface area contributed by atoms with Gasteiger partial charge in [-0.05, 0) is 23.8 Å². The quantitative estimate of drug-likeness (QED) is 0.818. The van der Waals surface area contributed by atoms with E-state index in [9.17, 15) is 4.79 Å². The normalized spacial score (nSPS) is 13.8. The Kier molecular flexibility index (Phi) is 2.99. The van der Waals surface area contributed by atoms with E-state index in [-0.39, 0.29) is 5.91 Å². The molecule has 1 aliphatic heterocycles.